The van der Waals surface area contributed by atoms with E-state index in [1.165, 1.54) is 43.4 Å². The smallest absolute Gasteiger partial charge is 0.0420 e. The monoisotopic (exact) mass is 260 g/mol. The summed E-state index contributed by atoms with van der Waals surface area (Å²) in [6.07, 6.45) is 8.79. The van der Waals surface area contributed by atoms with Crippen molar-refractivity contribution >= 4 is 0 Å². The minimum atomic E-state index is 0.497. The first kappa shape index (κ1) is 14.5. The van der Waals surface area contributed by atoms with Gasteiger partial charge in [-0.1, -0.05) is 39.2 Å². The van der Waals surface area contributed by atoms with Gasteiger partial charge in [-0.3, -0.25) is 4.98 Å². The molecule has 0 spiro atoms. The number of nitrogens with one attached hydrogen (secondary N) is 1. The summed E-state index contributed by atoms with van der Waals surface area (Å²) in [6.45, 7) is 7.71. The van der Waals surface area contributed by atoms with Gasteiger partial charge in [0.05, 0.1) is 0 Å². The molecule has 1 atom stereocenters. The van der Waals surface area contributed by atoms with Gasteiger partial charge in [-0.25, -0.2) is 0 Å². The Balaban J connectivity index is 2.10. The van der Waals surface area contributed by atoms with Gasteiger partial charge in [0.2, 0.25) is 0 Å². The fourth-order valence-electron chi connectivity index (χ4n) is 3.51. The van der Waals surface area contributed by atoms with Crippen LogP contribution in [0.2, 0.25) is 0 Å². The largest absolute Gasteiger partial charge is 0.310 e. The lowest BCUT2D eigenvalue weighted by atomic mass is 9.76. The van der Waals surface area contributed by atoms with E-state index in [1.54, 1.807) is 0 Å². The van der Waals surface area contributed by atoms with Crippen molar-refractivity contribution in [3.8, 4) is 0 Å². The molecule has 1 heterocycles. The Kier molecular flexibility index (Phi) is 5.38. The zero-order valence-electron chi connectivity index (χ0n) is 12.7. The molecule has 2 nitrogen and oxygen atoms in total. The first-order valence-corrected chi connectivity index (χ1v) is 7.91. The van der Waals surface area contributed by atoms with Crippen LogP contribution in [0.25, 0.3) is 0 Å². The van der Waals surface area contributed by atoms with Gasteiger partial charge in [-0.05, 0) is 49.8 Å². The Labute approximate surface area is 118 Å². The molecule has 0 radical (unpaired) electrons. The molecule has 0 aromatic carbocycles. The Morgan fingerprint density at radius 1 is 1.26 bits per heavy atom. The predicted octanol–water partition coefficient (Wildman–Crippen LogP) is 4.26. The highest BCUT2D eigenvalue weighted by Gasteiger charge is 2.28. The molecule has 1 aromatic rings. The van der Waals surface area contributed by atoms with Crippen LogP contribution in [0.5, 0.6) is 0 Å². The highest BCUT2D eigenvalue weighted by Crippen LogP contribution is 2.38. The first-order chi connectivity index (χ1) is 9.26. The van der Waals surface area contributed by atoms with Gasteiger partial charge < -0.3 is 5.32 Å². The van der Waals surface area contributed by atoms with E-state index in [4.69, 9.17) is 0 Å². The zero-order valence-corrected chi connectivity index (χ0v) is 12.7. The predicted molar refractivity (Wildman–Crippen MR) is 81.1 cm³/mol. The molecule has 1 unspecified atom stereocenters. The summed E-state index contributed by atoms with van der Waals surface area (Å²) in [5.74, 6) is 1.75. The summed E-state index contributed by atoms with van der Waals surface area (Å²) in [4.78, 5) is 4.47. The topological polar surface area (TPSA) is 24.9 Å². The average molecular weight is 260 g/mol. The van der Waals surface area contributed by atoms with Crippen molar-refractivity contribution in [3.63, 3.8) is 0 Å². The van der Waals surface area contributed by atoms with Crippen LogP contribution in [0.15, 0.2) is 18.3 Å². The second-order valence-electron chi connectivity index (χ2n) is 5.90. The van der Waals surface area contributed by atoms with Crippen molar-refractivity contribution in [1.29, 1.82) is 0 Å². The first-order valence-electron chi connectivity index (χ1n) is 7.91. The molecule has 0 amide bonds. The number of nitrogens with zero attached hydrogens (tertiary/aromatic N) is 1. The summed E-state index contributed by atoms with van der Waals surface area (Å²) < 4.78 is 0. The second-order valence-corrected chi connectivity index (χ2v) is 5.90. The van der Waals surface area contributed by atoms with Gasteiger partial charge in [0.25, 0.3) is 0 Å². The van der Waals surface area contributed by atoms with E-state index in [9.17, 15) is 0 Å². The number of aromatic nitrogens is 1. The number of hydrogen-bond donors (Lipinski definition) is 1. The van der Waals surface area contributed by atoms with Crippen LogP contribution < -0.4 is 5.32 Å². The zero-order chi connectivity index (χ0) is 13.7. The Morgan fingerprint density at radius 2 is 2.00 bits per heavy atom. The molecule has 1 fully saturated rings. The van der Waals surface area contributed by atoms with Crippen molar-refractivity contribution in [2.24, 2.45) is 11.8 Å². The van der Waals surface area contributed by atoms with E-state index in [2.05, 4.69) is 43.2 Å². The summed E-state index contributed by atoms with van der Waals surface area (Å²) in [7, 11) is 0. The van der Waals surface area contributed by atoms with Crippen molar-refractivity contribution in [1.82, 2.24) is 10.3 Å². The van der Waals surface area contributed by atoms with Crippen LogP contribution in [0.1, 0.15) is 63.3 Å². The van der Waals surface area contributed by atoms with Crippen LogP contribution >= 0.6 is 0 Å². The molecule has 1 aromatic heterocycles. The normalized spacial score (nSPS) is 25.2. The van der Waals surface area contributed by atoms with Gasteiger partial charge in [-0.15, -0.1) is 0 Å². The molecule has 106 valence electrons. The Hall–Kier alpha value is -0.890. The average Bonchev–Trinajstić information content (AvgIpc) is 2.46. The summed E-state index contributed by atoms with van der Waals surface area (Å²) >= 11 is 0. The van der Waals surface area contributed by atoms with Crippen molar-refractivity contribution < 1.29 is 0 Å². The van der Waals surface area contributed by atoms with Crippen LogP contribution in [0.3, 0.4) is 0 Å². The quantitative estimate of drug-likeness (QED) is 0.855. The number of hydrogen-bond acceptors (Lipinski definition) is 2. The lowest BCUT2D eigenvalue weighted by molar-refractivity contribution is 0.219. The van der Waals surface area contributed by atoms with Gasteiger partial charge in [-0.2, -0.15) is 0 Å². The molecular weight excluding hydrogens is 232 g/mol. The molecular formula is C17H28N2. The maximum absolute atomic E-state index is 4.47. The number of aryl methyl sites for hydroxylation is 1. The minimum Gasteiger partial charge on any atom is -0.310 e. The molecule has 0 aliphatic heterocycles. The van der Waals surface area contributed by atoms with Gasteiger partial charge in [0.15, 0.2) is 0 Å². The van der Waals surface area contributed by atoms with E-state index in [-0.39, 0.29) is 0 Å². The van der Waals surface area contributed by atoms with Gasteiger partial charge in [0, 0.05) is 17.9 Å². The molecule has 1 aliphatic rings. The summed E-state index contributed by atoms with van der Waals surface area (Å²) in [5.41, 5.74) is 2.59. The molecule has 0 bridgehead atoms. The number of rotatable bonds is 5. The number of pyridine rings is 1. The minimum absolute atomic E-state index is 0.497. The lowest BCUT2D eigenvalue weighted by Crippen LogP contribution is -2.31. The van der Waals surface area contributed by atoms with Crippen LogP contribution in [-0.4, -0.2) is 11.5 Å². The third kappa shape index (κ3) is 3.56. The SMILES string of the molecule is CCNC(c1cccnc1C)C1CCC(CC)CC1. The molecule has 1 saturated carbocycles. The van der Waals surface area contributed by atoms with Crippen LogP contribution in [0.4, 0.5) is 0 Å². The molecule has 1 aliphatic carbocycles. The van der Waals surface area contributed by atoms with Crippen molar-refractivity contribution in [2.75, 3.05) is 6.54 Å². The standard InChI is InChI=1S/C17H28N2/c1-4-14-8-10-15(11-9-14)17(18-5-2)16-7-6-12-19-13(16)3/h6-7,12,14-15,17-18H,4-5,8-11H2,1-3H3. The van der Waals surface area contributed by atoms with Gasteiger partial charge >= 0.3 is 0 Å². The van der Waals surface area contributed by atoms with E-state index >= 15 is 0 Å². The van der Waals surface area contributed by atoms with Crippen LogP contribution in [-0.2, 0) is 0 Å². The van der Waals surface area contributed by atoms with E-state index in [1.807, 2.05) is 6.20 Å². The van der Waals surface area contributed by atoms with Crippen molar-refractivity contribution in [3.05, 3.63) is 29.6 Å². The summed E-state index contributed by atoms with van der Waals surface area (Å²) in [5, 5.41) is 3.70. The van der Waals surface area contributed by atoms with E-state index < -0.39 is 0 Å². The maximum Gasteiger partial charge on any atom is 0.0420 e. The maximum atomic E-state index is 4.47. The Bertz CT molecular complexity index is 381. The molecule has 1 N–H and O–H groups in total. The fraction of sp³-hybridized carbons (Fsp3) is 0.706. The molecule has 2 heteroatoms. The molecule has 19 heavy (non-hydrogen) atoms. The highest BCUT2D eigenvalue weighted by molar-refractivity contribution is 5.23. The van der Waals surface area contributed by atoms with E-state index in [0.29, 0.717) is 6.04 Å². The second kappa shape index (κ2) is 7.04. The summed E-state index contributed by atoms with van der Waals surface area (Å²) in [6, 6.07) is 4.82. The van der Waals surface area contributed by atoms with E-state index in [0.717, 1.165) is 18.4 Å². The van der Waals surface area contributed by atoms with Crippen LogP contribution in [0, 0.1) is 18.8 Å². The van der Waals surface area contributed by atoms with Crippen molar-refractivity contribution in [2.45, 2.75) is 58.9 Å². The Morgan fingerprint density at radius 3 is 2.58 bits per heavy atom. The highest BCUT2D eigenvalue weighted by atomic mass is 14.9. The third-order valence-corrected chi connectivity index (χ3v) is 4.75. The molecule has 0 saturated heterocycles. The lowest BCUT2D eigenvalue weighted by Gasteiger charge is -2.34. The van der Waals surface area contributed by atoms with Gasteiger partial charge in [0.1, 0.15) is 0 Å². The molecule has 2 rings (SSSR count). The fourth-order valence-corrected chi connectivity index (χ4v) is 3.51. The third-order valence-electron chi connectivity index (χ3n) is 4.75.